The summed E-state index contributed by atoms with van der Waals surface area (Å²) in [5.74, 6) is -2.76. The van der Waals surface area contributed by atoms with Gasteiger partial charge in [-0.2, -0.15) is 4.89 Å². The molecular formula is C14H18O5. The second-order valence-corrected chi connectivity index (χ2v) is 4.24. The third-order valence-corrected chi connectivity index (χ3v) is 3.11. The van der Waals surface area contributed by atoms with E-state index >= 15 is 0 Å². The molecule has 0 aromatic heterocycles. The van der Waals surface area contributed by atoms with E-state index in [1.807, 2.05) is 25.1 Å². The summed E-state index contributed by atoms with van der Waals surface area (Å²) in [4.78, 5) is 4.65. The molecule has 19 heavy (non-hydrogen) atoms. The van der Waals surface area contributed by atoms with Gasteiger partial charge in [-0.3, -0.25) is 4.74 Å². The Bertz CT molecular complexity index is 458. The first kappa shape index (κ1) is 14.2. The highest BCUT2D eigenvalue weighted by molar-refractivity contribution is 5.33. The lowest BCUT2D eigenvalue weighted by atomic mass is 10.00. The normalized spacial score (nSPS) is 30.4. The fourth-order valence-corrected chi connectivity index (χ4v) is 2.19. The molecule has 1 aliphatic heterocycles. The van der Waals surface area contributed by atoms with Crippen LogP contribution in [0, 0.1) is 0 Å². The summed E-state index contributed by atoms with van der Waals surface area (Å²) >= 11 is 0. The molecule has 0 bridgehead atoms. The number of hydrogen-bond donors (Lipinski definition) is 1. The first-order valence-corrected chi connectivity index (χ1v) is 6.10. The fraction of sp³-hybridized carbons (Fsp3) is 0.429. The summed E-state index contributed by atoms with van der Waals surface area (Å²) in [5, 5.41) is 9.36. The summed E-state index contributed by atoms with van der Waals surface area (Å²) in [6.07, 6.45) is 1.65. The first-order valence-electron chi connectivity index (χ1n) is 6.10. The van der Waals surface area contributed by atoms with Crippen molar-refractivity contribution < 1.29 is 24.4 Å². The van der Waals surface area contributed by atoms with Crippen LogP contribution in [-0.2, 0) is 24.9 Å². The van der Waals surface area contributed by atoms with Gasteiger partial charge < -0.3 is 9.47 Å². The molecule has 1 aromatic carbocycles. The maximum absolute atomic E-state index is 9.36. The second-order valence-electron chi connectivity index (χ2n) is 4.24. The van der Waals surface area contributed by atoms with Gasteiger partial charge in [0.1, 0.15) is 0 Å². The van der Waals surface area contributed by atoms with Crippen molar-refractivity contribution in [1.82, 2.24) is 0 Å². The van der Waals surface area contributed by atoms with Crippen LogP contribution in [0.4, 0.5) is 0 Å². The molecule has 0 amide bonds. The average molecular weight is 266 g/mol. The smallest absolute Gasteiger partial charge is 0.307 e. The molecule has 0 radical (unpaired) electrons. The van der Waals surface area contributed by atoms with E-state index in [1.165, 1.54) is 7.11 Å². The molecule has 1 heterocycles. The van der Waals surface area contributed by atoms with E-state index < -0.39 is 11.8 Å². The molecule has 0 spiro atoms. The molecule has 1 aromatic rings. The molecule has 0 aliphatic carbocycles. The van der Waals surface area contributed by atoms with E-state index in [9.17, 15) is 5.26 Å². The van der Waals surface area contributed by atoms with Crippen molar-refractivity contribution >= 4 is 0 Å². The van der Waals surface area contributed by atoms with Gasteiger partial charge >= 0.3 is 5.97 Å². The van der Waals surface area contributed by atoms with Gasteiger partial charge in [0.2, 0.25) is 0 Å². The van der Waals surface area contributed by atoms with E-state index in [1.54, 1.807) is 25.1 Å². The Morgan fingerprint density at radius 3 is 2.47 bits per heavy atom. The van der Waals surface area contributed by atoms with Gasteiger partial charge in [-0.05, 0) is 19.4 Å². The Morgan fingerprint density at radius 2 is 1.95 bits per heavy atom. The van der Waals surface area contributed by atoms with Crippen molar-refractivity contribution in [2.75, 3.05) is 13.7 Å². The van der Waals surface area contributed by atoms with Crippen molar-refractivity contribution in [3.63, 3.8) is 0 Å². The first-order chi connectivity index (χ1) is 9.12. The largest absolute Gasteiger partial charge is 0.327 e. The lowest BCUT2D eigenvalue weighted by Crippen LogP contribution is -2.41. The van der Waals surface area contributed by atoms with Gasteiger partial charge in [0.25, 0.3) is 5.79 Å². The highest BCUT2D eigenvalue weighted by Gasteiger charge is 2.53. The van der Waals surface area contributed by atoms with Gasteiger partial charge in [-0.15, -0.1) is 0 Å². The Labute approximate surface area is 112 Å². The highest BCUT2D eigenvalue weighted by Crippen LogP contribution is 2.45. The monoisotopic (exact) mass is 266 g/mol. The quantitative estimate of drug-likeness (QED) is 0.384. The zero-order chi connectivity index (χ0) is 13.9. The van der Waals surface area contributed by atoms with E-state index in [2.05, 4.69) is 4.89 Å². The zero-order valence-corrected chi connectivity index (χ0v) is 11.3. The molecule has 5 heteroatoms. The van der Waals surface area contributed by atoms with E-state index in [0.717, 1.165) is 0 Å². The predicted molar refractivity (Wildman–Crippen MR) is 68.0 cm³/mol. The molecule has 1 aliphatic rings. The number of hydrogen-bond acceptors (Lipinski definition) is 5. The van der Waals surface area contributed by atoms with Crippen LogP contribution in [0.5, 0.6) is 0 Å². The van der Waals surface area contributed by atoms with E-state index in [4.69, 9.17) is 14.2 Å². The standard InChI is InChI=1S/C14H18O5/c1-4-17-13(16-3)10-11(2)14(18-13,19-15)12-8-6-5-7-9-12/h5-10,15H,4H2,1-3H3/t13-,14+/m1/s1. The van der Waals surface area contributed by atoms with Crippen molar-refractivity contribution in [1.29, 1.82) is 0 Å². The molecule has 0 unspecified atom stereocenters. The van der Waals surface area contributed by atoms with Crippen LogP contribution >= 0.6 is 0 Å². The van der Waals surface area contributed by atoms with Crippen LogP contribution in [0.1, 0.15) is 19.4 Å². The van der Waals surface area contributed by atoms with Crippen molar-refractivity contribution in [2.24, 2.45) is 0 Å². The Balaban J connectivity index is 2.42. The maximum Gasteiger partial charge on any atom is 0.307 e. The molecule has 0 saturated carbocycles. The van der Waals surface area contributed by atoms with Gasteiger partial charge in [0, 0.05) is 25.4 Å². The van der Waals surface area contributed by atoms with Crippen LogP contribution in [0.2, 0.25) is 0 Å². The zero-order valence-electron chi connectivity index (χ0n) is 11.3. The molecule has 0 fully saturated rings. The van der Waals surface area contributed by atoms with Gasteiger partial charge in [-0.1, -0.05) is 30.3 Å². The molecule has 1 N–H and O–H groups in total. The van der Waals surface area contributed by atoms with Crippen LogP contribution in [0.25, 0.3) is 0 Å². The number of methoxy groups -OCH3 is 1. The Morgan fingerprint density at radius 1 is 1.26 bits per heavy atom. The summed E-state index contributed by atoms with van der Waals surface area (Å²) in [6, 6.07) is 9.13. The van der Waals surface area contributed by atoms with E-state index in [0.29, 0.717) is 17.7 Å². The third-order valence-electron chi connectivity index (χ3n) is 3.11. The van der Waals surface area contributed by atoms with Crippen molar-refractivity contribution in [2.45, 2.75) is 25.6 Å². The molecule has 104 valence electrons. The predicted octanol–water partition coefficient (Wildman–Crippen LogP) is 2.64. The molecule has 0 saturated heterocycles. The summed E-state index contributed by atoms with van der Waals surface area (Å²) in [5.41, 5.74) is 1.31. The van der Waals surface area contributed by atoms with Crippen molar-refractivity contribution in [3.8, 4) is 0 Å². The summed E-state index contributed by atoms with van der Waals surface area (Å²) in [7, 11) is 1.47. The van der Waals surface area contributed by atoms with Crippen LogP contribution in [0.15, 0.2) is 42.0 Å². The number of benzene rings is 1. The average Bonchev–Trinajstić information content (AvgIpc) is 2.74. The Kier molecular flexibility index (Phi) is 4.03. The van der Waals surface area contributed by atoms with E-state index in [-0.39, 0.29) is 0 Å². The molecule has 2 rings (SSSR count). The van der Waals surface area contributed by atoms with Gasteiger partial charge in [0.15, 0.2) is 0 Å². The number of ether oxygens (including phenoxy) is 3. The maximum atomic E-state index is 9.36. The molecule has 2 atom stereocenters. The number of rotatable bonds is 5. The van der Waals surface area contributed by atoms with Gasteiger partial charge in [-0.25, -0.2) is 5.26 Å². The van der Waals surface area contributed by atoms with Crippen LogP contribution in [0.3, 0.4) is 0 Å². The van der Waals surface area contributed by atoms with Crippen LogP contribution < -0.4 is 0 Å². The SMILES string of the molecule is CCO[C@]1(OC)C=C(C)[C@](OO)(c2ccccc2)O1. The highest BCUT2D eigenvalue weighted by atomic mass is 17.2. The Hall–Kier alpha value is -1.24. The second kappa shape index (κ2) is 5.40. The van der Waals surface area contributed by atoms with Crippen LogP contribution in [-0.4, -0.2) is 24.9 Å². The third kappa shape index (κ3) is 2.31. The minimum Gasteiger partial charge on any atom is -0.327 e. The molecular weight excluding hydrogens is 248 g/mol. The summed E-state index contributed by atoms with van der Waals surface area (Å²) < 4.78 is 16.5. The fourth-order valence-electron chi connectivity index (χ4n) is 2.19. The minimum atomic E-state index is -1.41. The van der Waals surface area contributed by atoms with Gasteiger partial charge in [0.05, 0.1) is 0 Å². The minimum absolute atomic E-state index is 0.397. The lowest BCUT2D eigenvalue weighted by Gasteiger charge is -2.32. The summed E-state index contributed by atoms with van der Waals surface area (Å²) in [6.45, 7) is 4.01. The topological polar surface area (TPSA) is 57.2 Å². The molecule has 5 nitrogen and oxygen atoms in total. The van der Waals surface area contributed by atoms with Crippen molar-refractivity contribution in [3.05, 3.63) is 47.5 Å². The lowest BCUT2D eigenvalue weighted by molar-refractivity contribution is -0.464.